The van der Waals surface area contributed by atoms with Crippen molar-refractivity contribution in [2.45, 2.75) is 33.4 Å². The van der Waals surface area contributed by atoms with E-state index in [1.807, 2.05) is 44.2 Å². The molecule has 2 amide bonds. The summed E-state index contributed by atoms with van der Waals surface area (Å²) in [5, 5.41) is 2.86. The number of anilines is 1. The SMILES string of the molecule is CC(C)CNC(=O)[C@@H](C)N(Cc1ccccc1)C(=O)CN(c1ccc(I)cc1)S(C)(=O)=O. The van der Waals surface area contributed by atoms with E-state index in [1.165, 1.54) is 4.90 Å². The van der Waals surface area contributed by atoms with Gasteiger partial charge in [-0.15, -0.1) is 0 Å². The summed E-state index contributed by atoms with van der Waals surface area (Å²) in [5.41, 5.74) is 1.25. The Morgan fingerprint density at radius 2 is 1.59 bits per heavy atom. The first-order valence-corrected chi connectivity index (χ1v) is 13.3. The molecule has 9 heteroatoms. The summed E-state index contributed by atoms with van der Waals surface area (Å²) in [5.74, 6) is -0.459. The third-order valence-corrected chi connectivity index (χ3v) is 6.70. The van der Waals surface area contributed by atoms with Crippen molar-refractivity contribution in [2.24, 2.45) is 5.92 Å². The summed E-state index contributed by atoms with van der Waals surface area (Å²) >= 11 is 2.13. The molecule has 2 rings (SSSR count). The van der Waals surface area contributed by atoms with Crippen LogP contribution in [0.4, 0.5) is 5.69 Å². The van der Waals surface area contributed by atoms with Gasteiger partial charge in [0.05, 0.1) is 11.9 Å². The number of carbonyl (C=O) groups is 2. The van der Waals surface area contributed by atoms with E-state index in [9.17, 15) is 18.0 Å². The van der Waals surface area contributed by atoms with Crippen molar-refractivity contribution in [1.82, 2.24) is 10.2 Å². The predicted octanol–water partition coefficient (Wildman–Crippen LogP) is 3.25. The molecule has 0 bridgehead atoms. The molecular formula is C23H30IN3O4S. The van der Waals surface area contributed by atoms with Gasteiger partial charge in [-0.25, -0.2) is 8.42 Å². The van der Waals surface area contributed by atoms with Crippen LogP contribution in [0.1, 0.15) is 26.3 Å². The summed E-state index contributed by atoms with van der Waals surface area (Å²) in [4.78, 5) is 27.5. The van der Waals surface area contributed by atoms with Crippen molar-refractivity contribution < 1.29 is 18.0 Å². The maximum absolute atomic E-state index is 13.4. The third kappa shape index (κ3) is 7.77. The molecule has 1 N–H and O–H groups in total. The highest BCUT2D eigenvalue weighted by molar-refractivity contribution is 14.1. The molecule has 0 spiro atoms. The Bertz CT molecular complexity index is 1010. The van der Waals surface area contributed by atoms with E-state index >= 15 is 0 Å². The Balaban J connectivity index is 2.32. The number of hydrogen-bond donors (Lipinski definition) is 1. The van der Waals surface area contributed by atoms with Crippen LogP contribution in [0.2, 0.25) is 0 Å². The Kier molecular flexibility index (Phi) is 9.50. The minimum atomic E-state index is -3.72. The van der Waals surface area contributed by atoms with Crippen LogP contribution < -0.4 is 9.62 Å². The van der Waals surface area contributed by atoms with Crippen LogP contribution >= 0.6 is 22.6 Å². The van der Waals surface area contributed by atoms with Gasteiger partial charge in [-0.2, -0.15) is 0 Å². The predicted molar refractivity (Wildman–Crippen MR) is 136 cm³/mol. The Labute approximate surface area is 204 Å². The van der Waals surface area contributed by atoms with Crippen molar-refractivity contribution in [3.8, 4) is 0 Å². The molecule has 0 fully saturated rings. The third-order valence-electron chi connectivity index (χ3n) is 4.84. The number of amides is 2. The number of rotatable bonds is 10. The maximum Gasteiger partial charge on any atom is 0.244 e. The first-order valence-electron chi connectivity index (χ1n) is 10.3. The molecule has 0 aliphatic carbocycles. The molecule has 0 saturated carbocycles. The Morgan fingerprint density at radius 1 is 1.00 bits per heavy atom. The highest BCUT2D eigenvalue weighted by atomic mass is 127. The number of nitrogens with zero attached hydrogens (tertiary/aromatic N) is 2. The van der Waals surface area contributed by atoms with Gasteiger partial charge >= 0.3 is 0 Å². The van der Waals surface area contributed by atoms with E-state index in [4.69, 9.17) is 0 Å². The second-order valence-electron chi connectivity index (χ2n) is 8.07. The largest absolute Gasteiger partial charge is 0.354 e. The molecule has 1 atom stereocenters. The minimum Gasteiger partial charge on any atom is -0.354 e. The smallest absolute Gasteiger partial charge is 0.244 e. The fourth-order valence-electron chi connectivity index (χ4n) is 3.04. The Hall–Kier alpha value is -2.14. The first kappa shape index (κ1) is 26.1. The van der Waals surface area contributed by atoms with Gasteiger partial charge in [0.25, 0.3) is 0 Å². The lowest BCUT2D eigenvalue weighted by atomic mass is 10.1. The van der Waals surface area contributed by atoms with Gasteiger partial charge in [-0.1, -0.05) is 44.2 Å². The van der Waals surface area contributed by atoms with E-state index in [-0.39, 0.29) is 18.4 Å². The van der Waals surface area contributed by atoms with Crippen LogP contribution in [0.3, 0.4) is 0 Å². The van der Waals surface area contributed by atoms with E-state index < -0.39 is 28.5 Å². The second-order valence-corrected chi connectivity index (χ2v) is 11.2. The fourth-order valence-corrected chi connectivity index (χ4v) is 4.25. The van der Waals surface area contributed by atoms with Crippen LogP contribution in [0.15, 0.2) is 54.6 Å². The lowest BCUT2D eigenvalue weighted by Gasteiger charge is -2.31. The standard InChI is InChI=1S/C23H30IN3O4S/c1-17(2)14-25-23(29)18(3)26(15-19-8-6-5-7-9-19)22(28)16-27(32(4,30)31)21-12-10-20(24)11-13-21/h5-13,17-18H,14-16H2,1-4H3,(H,25,29)/t18-/m1/s1. The quantitative estimate of drug-likeness (QED) is 0.444. The first-order chi connectivity index (χ1) is 15.0. The topological polar surface area (TPSA) is 86.8 Å². The van der Waals surface area contributed by atoms with E-state index in [0.717, 1.165) is 19.7 Å². The molecule has 0 unspecified atom stereocenters. The maximum atomic E-state index is 13.4. The lowest BCUT2D eigenvalue weighted by molar-refractivity contribution is -0.139. The highest BCUT2D eigenvalue weighted by Crippen LogP contribution is 2.20. The van der Waals surface area contributed by atoms with Crippen LogP contribution in [0.5, 0.6) is 0 Å². The van der Waals surface area contributed by atoms with E-state index in [0.29, 0.717) is 12.2 Å². The average molecular weight is 571 g/mol. The zero-order valence-electron chi connectivity index (χ0n) is 18.8. The van der Waals surface area contributed by atoms with Crippen LogP contribution in [-0.2, 0) is 26.2 Å². The van der Waals surface area contributed by atoms with Crippen LogP contribution in [-0.4, -0.2) is 50.5 Å². The van der Waals surface area contributed by atoms with Gasteiger partial charge in [0.1, 0.15) is 12.6 Å². The molecule has 174 valence electrons. The van der Waals surface area contributed by atoms with Crippen molar-refractivity contribution in [3.05, 3.63) is 63.7 Å². The van der Waals surface area contributed by atoms with E-state index in [1.54, 1.807) is 31.2 Å². The molecule has 0 aliphatic heterocycles. The van der Waals surface area contributed by atoms with Crippen LogP contribution in [0.25, 0.3) is 0 Å². The zero-order valence-corrected chi connectivity index (χ0v) is 21.8. The van der Waals surface area contributed by atoms with Crippen molar-refractivity contribution >= 4 is 50.1 Å². The van der Waals surface area contributed by atoms with Gasteiger partial charge < -0.3 is 10.2 Å². The molecule has 7 nitrogen and oxygen atoms in total. The fraction of sp³-hybridized carbons (Fsp3) is 0.391. The minimum absolute atomic E-state index is 0.195. The number of carbonyl (C=O) groups excluding carboxylic acids is 2. The number of nitrogens with one attached hydrogen (secondary N) is 1. The normalized spacial score (nSPS) is 12.3. The highest BCUT2D eigenvalue weighted by Gasteiger charge is 2.30. The number of hydrogen-bond acceptors (Lipinski definition) is 4. The molecule has 2 aromatic rings. The number of benzene rings is 2. The summed E-state index contributed by atoms with van der Waals surface area (Å²) in [6.07, 6.45) is 1.07. The molecule has 0 saturated heterocycles. The number of halogens is 1. The summed E-state index contributed by atoms with van der Waals surface area (Å²) in [6.45, 7) is 5.93. The molecule has 0 aromatic heterocycles. The average Bonchev–Trinajstić information content (AvgIpc) is 2.74. The molecule has 32 heavy (non-hydrogen) atoms. The van der Waals surface area contributed by atoms with Gasteiger partial charge in [0, 0.05) is 16.7 Å². The molecule has 0 heterocycles. The van der Waals surface area contributed by atoms with Gasteiger partial charge in [-0.05, 0) is 65.3 Å². The van der Waals surface area contributed by atoms with Gasteiger partial charge in [0.15, 0.2) is 0 Å². The van der Waals surface area contributed by atoms with Crippen molar-refractivity contribution in [1.29, 1.82) is 0 Å². The zero-order chi connectivity index (χ0) is 23.9. The summed E-state index contributed by atoms with van der Waals surface area (Å²) in [6, 6.07) is 15.4. The number of sulfonamides is 1. The Morgan fingerprint density at radius 3 is 2.12 bits per heavy atom. The molecule has 0 radical (unpaired) electrons. The summed E-state index contributed by atoms with van der Waals surface area (Å²) in [7, 11) is -3.72. The molecule has 2 aromatic carbocycles. The lowest BCUT2D eigenvalue weighted by Crippen LogP contribution is -2.51. The van der Waals surface area contributed by atoms with E-state index in [2.05, 4.69) is 27.9 Å². The second kappa shape index (κ2) is 11.6. The van der Waals surface area contributed by atoms with Crippen LogP contribution in [0, 0.1) is 9.49 Å². The monoisotopic (exact) mass is 571 g/mol. The van der Waals surface area contributed by atoms with Crippen molar-refractivity contribution in [3.63, 3.8) is 0 Å². The molecule has 0 aliphatic rings. The van der Waals surface area contributed by atoms with Crippen molar-refractivity contribution in [2.75, 3.05) is 23.7 Å². The molecular weight excluding hydrogens is 541 g/mol. The summed E-state index contributed by atoms with van der Waals surface area (Å²) < 4.78 is 27.0. The van der Waals surface area contributed by atoms with Gasteiger partial charge in [-0.3, -0.25) is 13.9 Å². The van der Waals surface area contributed by atoms with Gasteiger partial charge in [0.2, 0.25) is 21.8 Å².